The Morgan fingerprint density at radius 1 is 0.875 bits per heavy atom. The minimum absolute atomic E-state index is 0.261. The first kappa shape index (κ1) is 20.4. The van der Waals surface area contributed by atoms with Crippen LogP contribution in [0.15, 0.2) is 77.7 Å². The van der Waals surface area contributed by atoms with Gasteiger partial charge in [-0.2, -0.15) is 0 Å². The van der Waals surface area contributed by atoms with Gasteiger partial charge in [0.15, 0.2) is 0 Å². The molecule has 0 radical (unpaired) electrons. The molecule has 0 spiro atoms. The number of hydrogen-bond acceptors (Lipinski definition) is 4. The second kappa shape index (κ2) is 7.88. The SMILES string of the molecule is CSc1ccccc1-c1nc2c(F)cccc2cc1C(C)N1C(=O)c2ccccc2C1=O. The average molecular weight is 443 g/mol. The van der Waals surface area contributed by atoms with Gasteiger partial charge in [-0.05, 0) is 43.5 Å². The van der Waals surface area contributed by atoms with Gasteiger partial charge in [0.05, 0.1) is 22.9 Å². The van der Waals surface area contributed by atoms with Crippen LogP contribution >= 0.6 is 11.8 Å². The first-order valence-electron chi connectivity index (χ1n) is 10.2. The number of aromatic nitrogens is 1. The van der Waals surface area contributed by atoms with Gasteiger partial charge in [0.1, 0.15) is 11.3 Å². The number of carbonyl (C=O) groups excluding carboxylic acids is 2. The summed E-state index contributed by atoms with van der Waals surface area (Å²) in [6.45, 7) is 1.81. The number of benzene rings is 3. The number of thioether (sulfide) groups is 1. The van der Waals surface area contributed by atoms with Crippen molar-refractivity contribution in [2.75, 3.05) is 6.26 Å². The van der Waals surface area contributed by atoms with Crippen LogP contribution in [-0.2, 0) is 0 Å². The Bertz CT molecular complexity index is 1370. The molecule has 0 fully saturated rings. The molecule has 1 aromatic heterocycles. The lowest BCUT2D eigenvalue weighted by atomic mass is 9.97. The highest BCUT2D eigenvalue weighted by Crippen LogP contribution is 2.39. The number of fused-ring (bicyclic) bond motifs is 2. The van der Waals surface area contributed by atoms with Crippen molar-refractivity contribution in [3.63, 3.8) is 0 Å². The van der Waals surface area contributed by atoms with Gasteiger partial charge in [0.25, 0.3) is 11.8 Å². The second-order valence-corrected chi connectivity index (χ2v) is 8.49. The van der Waals surface area contributed by atoms with E-state index >= 15 is 0 Å². The van der Waals surface area contributed by atoms with Crippen molar-refractivity contribution in [3.05, 3.63) is 95.3 Å². The lowest BCUT2D eigenvalue weighted by Gasteiger charge is -2.25. The number of nitrogens with zero attached hydrogens (tertiary/aromatic N) is 2. The van der Waals surface area contributed by atoms with Crippen molar-refractivity contribution in [1.29, 1.82) is 0 Å². The molecule has 158 valence electrons. The summed E-state index contributed by atoms with van der Waals surface area (Å²) in [6.07, 6.45) is 1.97. The van der Waals surface area contributed by atoms with Crippen LogP contribution in [-0.4, -0.2) is 28.0 Å². The number of hydrogen-bond donors (Lipinski definition) is 0. The van der Waals surface area contributed by atoms with Crippen LogP contribution in [0.3, 0.4) is 0 Å². The van der Waals surface area contributed by atoms with E-state index in [4.69, 9.17) is 4.98 Å². The molecule has 0 N–H and O–H groups in total. The zero-order chi connectivity index (χ0) is 22.4. The molecule has 1 atom stereocenters. The molecule has 0 aliphatic carbocycles. The third kappa shape index (κ3) is 3.10. The quantitative estimate of drug-likeness (QED) is 0.282. The van der Waals surface area contributed by atoms with Crippen molar-refractivity contribution in [2.24, 2.45) is 0 Å². The molecule has 3 aromatic carbocycles. The van der Waals surface area contributed by atoms with E-state index in [2.05, 4.69) is 0 Å². The van der Waals surface area contributed by atoms with Gasteiger partial charge in [-0.15, -0.1) is 11.8 Å². The van der Waals surface area contributed by atoms with Crippen LogP contribution in [0.1, 0.15) is 39.2 Å². The van der Waals surface area contributed by atoms with Gasteiger partial charge in [-0.1, -0.05) is 42.5 Å². The maximum absolute atomic E-state index is 14.6. The van der Waals surface area contributed by atoms with E-state index in [-0.39, 0.29) is 17.3 Å². The number of rotatable bonds is 4. The summed E-state index contributed by atoms with van der Waals surface area (Å²) in [6, 6.07) is 20.6. The summed E-state index contributed by atoms with van der Waals surface area (Å²) in [5.41, 5.74) is 3.15. The van der Waals surface area contributed by atoms with E-state index in [0.29, 0.717) is 27.8 Å². The van der Waals surface area contributed by atoms with Crippen molar-refractivity contribution >= 4 is 34.5 Å². The van der Waals surface area contributed by atoms with Gasteiger partial charge in [-0.25, -0.2) is 9.37 Å². The van der Waals surface area contributed by atoms with E-state index in [1.165, 1.54) is 11.0 Å². The normalized spacial score (nSPS) is 14.2. The van der Waals surface area contributed by atoms with Crippen LogP contribution in [0.5, 0.6) is 0 Å². The predicted molar refractivity (Wildman–Crippen MR) is 124 cm³/mol. The van der Waals surface area contributed by atoms with Gasteiger partial charge >= 0.3 is 0 Å². The maximum Gasteiger partial charge on any atom is 0.262 e. The number of para-hydroxylation sites is 1. The Hall–Kier alpha value is -3.51. The molecule has 2 amide bonds. The van der Waals surface area contributed by atoms with Crippen LogP contribution < -0.4 is 0 Å². The molecule has 4 aromatic rings. The Balaban J connectivity index is 1.73. The molecule has 1 aliphatic heterocycles. The topological polar surface area (TPSA) is 50.3 Å². The summed E-state index contributed by atoms with van der Waals surface area (Å²) in [5, 5.41) is 0.619. The summed E-state index contributed by atoms with van der Waals surface area (Å²) in [5.74, 6) is -1.08. The highest BCUT2D eigenvalue weighted by atomic mass is 32.2. The van der Waals surface area contributed by atoms with Crippen molar-refractivity contribution in [2.45, 2.75) is 17.9 Å². The number of pyridine rings is 1. The number of carbonyl (C=O) groups is 2. The summed E-state index contributed by atoms with van der Waals surface area (Å²) in [7, 11) is 0. The molecule has 0 saturated carbocycles. The van der Waals surface area contributed by atoms with Crippen LogP contribution in [0.2, 0.25) is 0 Å². The van der Waals surface area contributed by atoms with E-state index in [0.717, 1.165) is 10.5 Å². The Morgan fingerprint density at radius 3 is 2.16 bits per heavy atom. The molecule has 6 heteroatoms. The fourth-order valence-electron chi connectivity index (χ4n) is 4.25. The molecule has 5 rings (SSSR count). The fourth-order valence-corrected chi connectivity index (χ4v) is 4.85. The van der Waals surface area contributed by atoms with Crippen LogP contribution in [0, 0.1) is 5.82 Å². The Morgan fingerprint density at radius 2 is 1.50 bits per heavy atom. The molecule has 2 heterocycles. The summed E-state index contributed by atoms with van der Waals surface area (Å²) in [4.78, 5) is 33.2. The van der Waals surface area contributed by atoms with Crippen LogP contribution in [0.25, 0.3) is 22.2 Å². The second-order valence-electron chi connectivity index (χ2n) is 7.64. The number of amides is 2. The first-order valence-corrected chi connectivity index (χ1v) is 11.4. The third-order valence-electron chi connectivity index (χ3n) is 5.85. The smallest absolute Gasteiger partial charge is 0.262 e. The lowest BCUT2D eigenvalue weighted by molar-refractivity contribution is 0.0595. The standard InChI is InChI=1S/C26H19FN2O2S/c1-15(29-25(30)17-9-3-4-10-18(17)26(29)31)20-14-16-8-7-12-21(27)23(16)28-24(20)19-11-5-6-13-22(19)32-2/h3-15H,1-2H3. The van der Waals surface area contributed by atoms with E-state index < -0.39 is 11.9 Å². The van der Waals surface area contributed by atoms with Crippen LogP contribution in [0.4, 0.5) is 4.39 Å². The highest BCUT2D eigenvalue weighted by Gasteiger charge is 2.39. The highest BCUT2D eigenvalue weighted by molar-refractivity contribution is 7.98. The molecule has 32 heavy (non-hydrogen) atoms. The van der Waals surface area contributed by atoms with Gasteiger partial charge in [0.2, 0.25) is 0 Å². The minimum Gasteiger partial charge on any atom is -0.269 e. The summed E-state index contributed by atoms with van der Waals surface area (Å²) < 4.78 is 14.6. The van der Waals surface area contributed by atoms with E-state index in [1.807, 2.05) is 43.5 Å². The van der Waals surface area contributed by atoms with E-state index in [9.17, 15) is 14.0 Å². The predicted octanol–water partition coefficient (Wildman–Crippen LogP) is 6.12. The van der Waals surface area contributed by atoms with Gasteiger partial charge in [0, 0.05) is 21.4 Å². The van der Waals surface area contributed by atoms with Gasteiger partial charge in [-0.3, -0.25) is 14.5 Å². The molecular weight excluding hydrogens is 423 g/mol. The molecule has 1 unspecified atom stereocenters. The molecule has 1 aliphatic rings. The Labute approximate surface area is 189 Å². The zero-order valence-corrected chi connectivity index (χ0v) is 18.3. The average Bonchev–Trinajstić information content (AvgIpc) is 3.08. The number of imide groups is 1. The zero-order valence-electron chi connectivity index (χ0n) is 17.5. The fraction of sp³-hybridized carbons (Fsp3) is 0.115. The molecule has 0 saturated heterocycles. The minimum atomic E-state index is -0.590. The lowest BCUT2D eigenvalue weighted by Crippen LogP contribution is -2.33. The van der Waals surface area contributed by atoms with Crippen molar-refractivity contribution < 1.29 is 14.0 Å². The molecular formula is C26H19FN2O2S. The first-order chi connectivity index (χ1) is 15.5. The largest absolute Gasteiger partial charge is 0.269 e. The molecule has 4 nitrogen and oxygen atoms in total. The third-order valence-corrected chi connectivity index (χ3v) is 6.65. The van der Waals surface area contributed by atoms with Crippen molar-refractivity contribution in [1.82, 2.24) is 9.88 Å². The summed E-state index contributed by atoms with van der Waals surface area (Å²) >= 11 is 1.56. The Kier molecular flexibility index (Phi) is 5.02. The number of halogens is 1. The van der Waals surface area contributed by atoms with Crippen molar-refractivity contribution in [3.8, 4) is 11.3 Å². The van der Waals surface area contributed by atoms with Gasteiger partial charge < -0.3 is 0 Å². The monoisotopic (exact) mass is 442 g/mol. The van der Waals surface area contributed by atoms with E-state index in [1.54, 1.807) is 48.2 Å². The maximum atomic E-state index is 14.6. The molecule has 0 bridgehead atoms.